The van der Waals surface area contributed by atoms with Crippen molar-refractivity contribution in [3.05, 3.63) is 28.7 Å². The van der Waals surface area contributed by atoms with Crippen LogP contribution in [-0.4, -0.2) is 41.0 Å². The second-order valence-electron chi connectivity index (χ2n) is 5.28. The SMILES string of the molecule is O=C(O)CC1CCCCN1CC(=O)Nc1cccc(Br)c1. The predicted molar refractivity (Wildman–Crippen MR) is 84.2 cm³/mol. The lowest BCUT2D eigenvalue weighted by atomic mass is 9.99. The van der Waals surface area contributed by atoms with E-state index in [1.807, 2.05) is 29.2 Å². The highest BCUT2D eigenvalue weighted by molar-refractivity contribution is 9.10. The van der Waals surface area contributed by atoms with Gasteiger partial charge in [-0.05, 0) is 37.6 Å². The van der Waals surface area contributed by atoms with Gasteiger partial charge in [0, 0.05) is 16.2 Å². The number of halogens is 1. The monoisotopic (exact) mass is 354 g/mol. The largest absolute Gasteiger partial charge is 0.481 e. The Morgan fingerprint density at radius 2 is 2.19 bits per heavy atom. The number of piperidine rings is 1. The summed E-state index contributed by atoms with van der Waals surface area (Å²) in [5.41, 5.74) is 0.737. The van der Waals surface area contributed by atoms with Crippen molar-refractivity contribution in [1.82, 2.24) is 4.90 Å². The van der Waals surface area contributed by atoms with Crippen LogP contribution in [0.25, 0.3) is 0 Å². The summed E-state index contributed by atoms with van der Waals surface area (Å²) in [7, 11) is 0. The van der Waals surface area contributed by atoms with Crippen LogP contribution in [0.2, 0.25) is 0 Å². The van der Waals surface area contributed by atoms with E-state index in [9.17, 15) is 9.59 Å². The first-order valence-electron chi connectivity index (χ1n) is 7.06. The zero-order valence-electron chi connectivity index (χ0n) is 11.7. The molecule has 1 unspecified atom stereocenters. The number of carboxylic acid groups (broad SMARTS) is 1. The van der Waals surface area contributed by atoms with E-state index in [1.54, 1.807) is 0 Å². The third-order valence-corrected chi connectivity index (χ3v) is 4.11. The summed E-state index contributed by atoms with van der Waals surface area (Å²) in [4.78, 5) is 25.0. The number of nitrogens with one attached hydrogen (secondary N) is 1. The molecule has 1 aliphatic rings. The Morgan fingerprint density at radius 1 is 1.38 bits per heavy atom. The van der Waals surface area contributed by atoms with Crippen LogP contribution in [-0.2, 0) is 9.59 Å². The van der Waals surface area contributed by atoms with Crippen LogP contribution in [0.15, 0.2) is 28.7 Å². The summed E-state index contributed by atoms with van der Waals surface area (Å²) < 4.78 is 0.905. The number of hydrogen-bond acceptors (Lipinski definition) is 3. The van der Waals surface area contributed by atoms with Gasteiger partial charge in [-0.3, -0.25) is 14.5 Å². The molecule has 1 atom stereocenters. The molecule has 6 heteroatoms. The second kappa shape index (κ2) is 7.56. The molecule has 2 rings (SSSR count). The van der Waals surface area contributed by atoms with E-state index in [4.69, 9.17) is 5.11 Å². The van der Waals surface area contributed by atoms with E-state index in [-0.39, 0.29) is 24.9 Å². The lowest BCUT2D eigenvalue weighted by Crippen LogP contribution is -2.44. The van der Waals surface area contributed by atoms with Gasteiger partial charge in [0.15, 0.2) is 0 Å². The minimum Gasteiger partial charge on any atom is -0.481 e. The standard InChI is InChI=1S/C15H19BrN2O3/c16-11-4-3-5-12(8-11)17-14(19)10-18-7-2-1-6-13(18)9-15(20)21/h3-5,8,13H,1-2,6-7,9-10H2,(H,17,19)(H,20,21). The van der Waals surface area contributed by atoms with Gasteiger partial charge in [-0.15, -0.1) is 0 Å². The second-order valence-corrected chi connectivity index (χ2v) is 6.19. The average molecular weight is 355 g/mol. The molecule has 0 aliphatic carbocycles. The van der Waals surface area contributed by atoms with Gasteiger partial charge in [0.2, 0.25) is 5.91 Å². The van der Waals surface area contributed by atoms with E-state index in [2.05, 4.69) is 21.2 Å². The van der Waals surface area contributed by atoms with E-state index in [0.29, 0.717) is 0 Å². The van der Waals surface area contributed by atoms with Crippen molar-refractivity contribution in [2.75, 3.05) is 18.4 Å². The molecule has 1 aliphatic heterocycles. The quantitative estimate of drug-likeness (QED) is 0.852. The maximum Gasteiger partial charge on any atom is 0.304 e. The molecule has 0 bridgehead atoms. The highest BCUT2D eigenvalue weighted by Crippen LogP contribution is 2.20. The number of carboxylic acids is 1. The van der Waals surface area contributed by atoms with Gasteiger partial charge in [-0.2, -0.15) is 0 Å². The van der Waals surface area contributed by atoms with Crippen LogP contribution in [0, 0.1) is 0 Å². The van der Waals surface area contributed by atoms with Gasteiger partial charge < -0.3 is 10.4 Å². The molecule has 1 amide bonds. The number of amides is 1. The number of hydrogen-bond donors (Lipinski definition) is 2. The molecule has 1 aromatic rings. The van der Waals surface area contributed by atoms with Gasteiger partial charge in [-0.1, -0.05) is 28.4 Å². The van der Waals surface area contributed by atoms with Crippen molar-refractivity contribution in [1.29, 1.82) is 0 Å². The molecule has 1 heterocycles. The number of aliphatic carboxylic acids is 1. The average Bonchev–Trinajstić information content (AvgIpc) is 2.40. The minimum absolute atomic E-state index is 0.0375. The third-order valence-electron chi connectivity index (χ3n) is 3.61. The van der Waals surface area contributed by atoms with Crippen LogP contribution >= 0.6 is 15.9 Å². The lowest BCUT2D eigenvalue weighted by molar-refractivity contribution is -0.139. The summed E-state index contributed by atoms with van der Waals surface area (Å²) in [6, 6.07) is 7.37. The normalized spacial score (nSPS) is 19.2. The zero-order chi connectivity index (χ0) is 15.2. The van der Waals surface area contributed by atoms with Gasteiger partial charge in [-0.25, -0.2) is 0 Å². The van der Waals surface area contributed by atoms with Gasteiger partial charge >= 0.3 is 5.97 Å². The van der Waals surface area contributed by atoms with Crippen LogP contribution < -0.4 is 5.32 Å². The summed E-state index contributed by atoms with van der Waals surface area (Å²) in [5.74, 6) is -0.912. The molecule has 1 fully saturated rings. The predicted octanol–water partition coefficient (Wildman–Crippen LogP) is 2.72. The maximum atomic E-state index is 12.1. The number of benzene rings is 1. The molecule has 1 aromatic carbocycles. The van der Waals surface area contributed by atoms with Crippen molar-refractivity contribution in [3.63, 3.8) is 0 Å². The summed E-state index contributed by atoms with van der Waals surface area (Å²) >= 11 is 3.36. The molecule has 2 N–H and O–H groups in total. The van der Waals surface area contributed by atoms with Gasteiger partial charge in [0.1, 0.15) is 0 Å². The van der Waals surface area contributed by atoms with Crippen molar-refractivity contribution < 1.29 is 14.7 Å². The van der Waals surface area contributed by atoms with E-state index >= 15 is 0 Å². The number of carbonyl (C=O) groups is 2. The molecule has 5 nitrogen and oxygen atoms in total. The summed E-state index contributed by atoms with van der Waals surface area (Å²) in [5, 5.41) is 11.8. The zero-order valence-corrected chi connectivity index (χ0v) is 13.3. The van der Waals surface area contributed by atoms with Crippen LogP contribution in [0.1, 0.15) is 25.7 Å². The Hall–Kier alpha value is -1.40. The van der Waals surface area contributed by atoms with Gasteiger partial charge in [0.25, 0.3) is 0 Å². The van der Waals surface area contributed by atoms with E-state index < -0.39 is 5.97 Å². The Balaban J connectivity index is 1.92. The van der Waals surface area contributed by atoms with Crippen LogP contribution in [0.5, 0.6) is 0 Å². The Labute approximate surface area is 132 Å². The van der Waals surface area contributed by atoms with Gasteiger partial charge in [0.05, 0.1) is 13.0 Å². The summed E-state index contributed by atoms with van der Waals surface area (Å²) in [6.07, 6.45) is 2.99. The number of carbonyl (C=O) groups excluding carboxylic acids is 1. The van der Waals surface area contributed by atoms with Crippen molar-refractivity contribution in [3.8, 4) is 0 Å². The topological polar surface area (TPSA) is 69.6 Å². The van der Waals surface area contributed by atoms with E-state index in [0.717, 1.165) is 36.0 Å². The Morgan fingerprint density at radius 3 is 2.90 bits per heavy atom. The molecule has 0 radical (unpaired) electrons. The number of rotatable bonds is 5. The maximum absolute atomic E-state index is 12.1. The smallest absolute Gasteiger partial charge is 0.304 e. The first kappa shape index (κ1) is 16.0. The van der Waals surface area contributed by atoms with Crippen molar-refractivity contribution in [2.24, 2.45) is 0 Å². The van der Waals surface area contributed by atoms with E-state index in [1.165, 1.54) is 0 Å². The fourth-order valence-corrected chi connectivity index (χ4v) is 3.05. The van der Waals surface area contributed by atoms with Crippen molar-refractivity contribution >= 4 is 33.5 Å². The first-order valence-corrected chi connectivity index (χ1v) is 7.85. The highest BCUT2D eigenvalue weighted by Gasteiger charge is 2.26. The fourth-order valence-electron chi connectivity index (χ4n) is 2.65. The molecule has 0 aromatic heterocycles. The molecule has 1 saturated heterocycles. The van der Waals surface area contributed by atoms with Crippen molar-refractivity contribution in [2.45, 2.75) is 31.7 Å². The molecule has 114 valence electrons. The third kappa shape index (κ3) is 5.13. The van der Waals surface area contributed by atoms with Crippen LogP contribution in [0.3, 0.4) is 0 Å². The number of nitrogens with zero attached hydrogens (tertiary/aromatic N) is 1. The summed E-state index contributed by atoms with van der Waals surface area (Å²) in [6.45, 7) is 1.02. The first-order chi connectivity index (χ1) is 10.0. The number of anilines is 1. The molecular weight excluding hydrogens is 336 g/mol. The molecule has 21 heavy (non-hydrogen) atoms. The Kier molecular flexibility index (Phi) is 5.76. The fraction of sp³-hybridized carbons (Fsp3) is 0.467. The lowest BCUT2D eigenvalue weighted by Gasteiger charge is -2.34. The number of likely N-dealkylation sites (tertiary alicyclic amines) is 1. The minimum atomic E-state index is -0.806. The molecule has 0 saturated carbocycles. The van der Waals surface area contributed by atoms with Crippen LogP contribution in [0.4, 0.5) is 5.69 Å². The molecular formula is C15H19BrN2O3. The molecule has 0 spiro atoms. The highest BCUT2D eigenvalue weighted by atomic mass is 79.9. The Bertz CT molecular complexity index is 521.